The summed E-state index contributed by atoms with van der Waals surface area (Å²) in [6.45, 7) is 4.45. The van der Waals surface area contributed by atoms with Crippen LogP contribution in [0.15, 0.2) is 0 Å². The van der Waals surface area contributed by atoms with Crippen molar-refractivity contribution in [1.29, 1.82) is 0 Å². The van der Waals surface area contributed by atoms with Crippen molar-refractivity contribution in [3.05, 3.63) is 0 Å². The van der Waals surface area contributed by atoms with Crippen LogP contribution in [0.4, 0.5) is 0 Å². The summed E-state index contributed by atoms with van der Waals surface area (Å²) in [5.74, 6) is 0. The van der Waals surface area contributed by atoms with Crippen LogP contribution in [0, 0.1) is 0 Å². The zero-order valence-corrected chi connectivity index (χ0v) is 7.78. The average Bonchev–Trinajstić information content (AvgIpc) is 1.65. The van der Waals surface area contributed by atoms with E-state index in [1.807, 2.05) is 0 Å². The van der Waals surface area contributed by atoms with Crippen molar-refractivity contribution in [2.24, 2.45) is 0 Å². The molecule has 0 fully saturated rings. The van der Waals surface area contributed by atoms with Gasteiger partial charge in [0.05, 0.1) is 0 Å². The van der Waals surface area contributed by atoms with E-state index >= 15 is 0 Å². The third-order valence-electron chi connectivity index (χ3n) is 1.11. The maximum atomic E-state index is 3.56. The van der Waals surface area contributed by atoms with Crippen LogP contribution in [-0.4, -0.2) is 27.4 Å². The van der Waals surface area contributed by atoms with Crippen molar-refractivity contribution in [1.82, 2.24) is 0 Å². The highest BCUT2D eigenvalue weighted by Crippen LogP contribution is 2.07. The van der Waals surface area contributed by atoms with E-state index in [9.17, 15) is 0 Å². The Kier molecular flexibility index (Phi) is 3.97. The SMILES string of the molecule is CCC(C)[Si]([Si])[Si]. The van der Waals surface area contributed by atoms with Crippen LogP contribution in [0.1, 0.15) is 20.3 Å². The second-order valence-corrected chi connectivity index (χ2v) is 8.27. The van der Waals surface area contributed by atoms with E-state index in [2.05, 4.69) is 33.4 Å². The lowest BCUT2D eigenvalue weighted by molar-refractivity contribution is 0.873. The highest BCUT2D eigenvalue weighted by Gasteiger charge is 2.03. The molecule has 1 atom stereocenters. The molecule has 0 rings (SSSR count). The van der Waals surface area contributed by atoms with Gasteiger partial charge >= 0.3 is 0 Å². The van der Waals surface area contributed by atoms with Gasteiger partial charge in [0.25, 0.3) is 0 Å². The molecule has 37 valence electrons. The van der Waals surface area contributed by atoms with E-state index in [1.165, 1.54) is 6.42 Å². The van der Waals surface area contributed by atoms with Gasteiger partial charge in [-0.25, -0.2) is 0 Å². The van der Waals surface area contributed by atoms with Crippen molar-refractivity contribution in [2.45, 2.75) is 25.8 Å². The second-order valence-electron chi connectivity index (χ2n) is 1.72. The molecule has 1 unspecified atom stereocenters. The third-order valence-corrected chi connectivity index (χ3v) is 5.46. The van der Waals surface area contributed by atoms with Crippen molar-refractivity contribution in [3.8, 4) is 0 Å². The van der Waals surface area contributed by atoms with Crippen LogP contribution in [0.3, 0.4) is 0 Å². The van der Waals surface area contributed by atoms with E-state index in [4.69, 9.17) is 0 Å². The molecule has 7 heavy (non-hydrogen) atoms. The first-order valence-electron chi connectivity index (χ1n) is 2.48. The molecule has 0 bridgehead atoms. The van der Waals surface area contributed by atoms with E-state index in [0.29, 0.717) is 0 Å². The summed E-state index contributed by atoms with van der Waals surface area (Å²) < 4.78 is 0. The van der Waals surface area contributed by atoms with Crippen molar-refractivity contribution in [3.63, 3.8) is 0 Å². The Morgan fingerprint density at radius 1 is 1.57 bits per heavy atom. The Balaban J connectivity index is 3.14. The largest absolute Gasteiger partial charge is 0.0656 e. The Bertz CT molecular complexity index is 44.2. The molecule has 0 aliphatic carbocycles. The molecule has 0 aliphatic heterocycles. The zero-order valence-electron chi connectivity index (χ0n) is 4.78. The van der Waals surface area contributed by atoms with Gasteiger partial charge in [0.15, 0.2) is 0 Å². The van der Waals surface area contributed by atoms with E-state index < -0.39 is 0 Å². The Morgan fingerprint density at radius 2 is 2.00 bits per heavy atom. The zero-order chi connectivity index (χ0) is 5.86. The molecule has 0 aromatic heterocycles. The van der Waals surface area contributed by atoms with Crippen LogP contribution >= 0.6 is 0 Å². The first kappa shape index (κ1) is 7.65. The third kappa shape index (κ3) is 3.25. The summed E-state index contributed by atoms with van der Waals surface area (Å²) in [5.41, 5.74) is 0.832. The molecule has 3 heteroatoms. The smallest absolute Gasteiger partial charge is 0.0179 e. The Morgan fingerprint density at radius 3 is 2.00 bits per heavy atom. The first-order valence-corrected chi connectivity index (χ1v) is 7.06. The monoisotopic (exact) mass is 141 g/mol. The van der Waals surface area contributed by atoms with Crippen LogP contribution in [0.2, 0.25) is 5.54 Å². The molecule has 0 heterocycles. The molecule has 0 saturated carbocycles. The highest BCUT2D eigenvalue weighted by atomic mass is 29.5. The predicted octanol–water partition coefficient (Wildman–Crippen LogP) is 0.612. The van der Waals surface area contributed by atoms with Gasteiger partial charge in [-0.05, 0) is 0 Å². The molecule has 0 saturated heterocycles. The molecule has 0 aromatic rings. The molecular formula is C4H9Si3. The topological polar surface area (TPSA) is 0 Å². The lowest BCUT2D eigenvalue weighted by atomic mass is 10.4. The van der Waals surface area contributed by atoms with Gasteiger partial charge in [-0.2, -0.15) is 0 Å². The normalized spacial score (nSPS) is 15.0. The minimum atomic E-state index is -0.352. The van der Waals surface area contributed by atoms with E-state index in [0.717, 1.165) is 5.54 Å². The highest BCUT2D eigenvalue weighted by molar-refractivity contribution is 7.29. The van der Waals surface area contributed by atoms with Gasteiger partial charge in [0.1, 0.15) is 0 Å². The minimum absolute atomic E-state index is 0.352. The quantitative estimate of drug-likeness (QED) is 0.494. The molecule has 0 spiro atoms. The number of rotatable bonds is 2. The molecule has 0 amide bonds. The Hall–Kier alpha value is 0.651. The standard InChI is InChI=1S/C4H9Si3/c1-3-4(2)7(5)6/h4H,3H2,1-2H3. The van der Waals surface area contributed by atoms with Crippen molar-refractivity contribution >= 4 is 27.4 Å². The summed E-state index contributed by atoms with van der Waals surface area (Å²) in [6.07, 6.45) is 1.27. The number of hydrogen-bond donors (Lipinski definition) is 0. The van der Waals surface area contributed by atoms with Crippen LogP contribution in [0.5, 0.6) is 0 Å². The summed E-state index contributed by atoms with van der Waals surface area (Å²) in [4.78, 5) is 0. The summed E-state index contributed by atoms with van der Waals surface area (Å²) in [5, 5.41) is 0. The molecule has 0 aliphatic rings. The maximum absolute atomic E-state index is 3.56. The maximum Gasteiger partial charge on any atom is 0.0179 e. The fourth-order valence-electron chi connectivity index (χ4n) is 0.204. The summed E-state index contributed by atoms with van der Waals surface area (Å²) >= 11 is 0. The summed E-state index contributed by atoms with van der Waals surface area (Å²) in [6, 6.07) is 0. The lowest BCUT2D eigenvalue weighted by Crippen LogP contribution is -2.18. The van der Waals surface area contributed by atoms with Gasteiger partial charge in [0, 0.05) is 27.4 Å². The van der Waals surface area contributed by atoms with E-state index in [-0.39, 0.29) is 7.83 Å². The van der Waals surface area contributed by atoms with Crippen LogP contribution < -0.4 is 0 Å². The van der Waals surface area contributed by atoms with Gasteiger partial charge in [0.2, 0.25) is 0 Å². The van der Waals surface area contributed by atoms with Crippen molar-refractivity contribution < 1.29 is 0 Å². The molecule has 0 nitrogen and oxygen atoms in total. The van der Waals surface area contributed by atoms with Gasteiger partial charge in [-0.15, -0.1) is 0 Å². The minimum Gasteiger partial charge on any atom is -0.0656 e. The van der Waals surface area contributed by atoms with Gasteiger partial charge in [-0.1, -0.05) is 25.8 Å². The van der Waals surface area contributed by atoms with Crippen molar-refractivity contribution in [2.75, 3.05) is 0 Å². The van der Waals surface area contributed by atoms with Crippen LogP contribution in [0.25, 0.3) is 0 Å². The van der Waals surface area contributed by atoms with Gasteiger partial charge in [-0.3, -0.25) is 0 Å². The fourth-order valence-corrected chi connectivity index (χ4v) is 1.84. The lowest BCUT2D eigenvalue weighted by Gasteiger charge is -2.08. The molecular weight excluding hydrogens is 132 g/mol. The fraction of sp³-hybridized carbons (Fsp3) is 1.00. The number of hydrogen-bond acceptors (Lipinski definition) is 0. The van der Waals surface area contributed by atoms with E-state index in [1.54, 1.807) is 0 Å². The van der Waals surface area contributed by atoms with Gasteiger partial charge < -0.3 is 0 Å². The molecule has 0 N–H and O–H groups in total. The molecule has 7 radical (unpaired) electrons. The predicted molar refractivity (Wildman–Crippen MR) is 37.0 cm³/mol. The first-order chi connectivity index (χ1) is 3.18. The second kappa shape index (κ2) is 3.63. The average molecular weight is 141 g/mol. The Labute approximate surface area is 53.7 Å². The van der Waals surface area contributed by atoms with Crippen LogP contribution in [-0.2, 0) is 0 Å². The molecule has 0 aromatic carbocycles. The summed E-state index contributed by atoms with van der Waals surface area (Å²) in [7, 11) is 6.77.